The van der Waals surface area contributed by atoms with E-state index in [1.807, 2.05) is 13.0 Å². The molecule has 1 amide bonds. The predicted molar refractivity (Wildman–Crippen MR) is 77.5 cm³/mol. The Labute approximate surface area is 160 Å². The van der Waals surface area contributed by atoms with Gasteiger partial charge in [-0.05, 0) is 0 Å². The van der Waals surface area contributed by atoms with Gasteiger partial charge < -0.3 is 4.90 Å². The van der Waals surface area contributed by atoms with Gasteiger partial charge in [-0.1, -0.05) is 41.4 Å². The molecule has 1 aliphatic rings. The fourth-order valence-corrected chi connectivity index (χ4v) is 2.77. The minimum absolute atomic E-state index is 0. The largest absolute Gasteiger partial charge is 0.340 e. The Hall–Kier alpha value is 0.164. The van der Waals surface area contributed by atoms with Gasteiger partial charge in [0.05, 0.1) is 6.54 Å². The van der Waals surface area contributed by atoms with E-state index >= 15 is 0 Å². The maximum absolute atomic E-state index is 12.7. The van der Waals surface area contributed by atoms with Crippen LogP contribution in [0.2, 0.25) is 0 Å². The molecule has 0 saturated heterocycles. The number of benzene rings is 1. The van der Waals surface area contributed by atoms with Crippen LogP contribution < -0.4 is 0 Å². The summed E-state index contributed by atoms with van der Waals surface area (Å²) < 4.78 is 26.3. The van der Waals surface area contributed by atoms with Crippen molar-refractivity contribution in [1.82, 2.24) is 4.90 Å². The molecule has 111 valence electrons. The van der Waals surface area contributed by atoms with E-state index < -0.39 is 24.3 Å². The first kappa shape index (κ1) is 19.2. The molecule has 1 aromatic carbocycles. The molecule has 0 spiro atoms. The molecular formula is C14H12BrClF2NOY-. The fraction of sp³-hybridized carbons (Fsp3) is 0.357. The zero-order valence-electron chi connectivity index (χ0n) is 11.2. The first-order valence-electron chi connectivity index (χ1n) is 6.01. The second-order valence-corrected chi connectivity index (χ2v) is 5.94. The number of carbonyl (C=O) groups excluding carboxylic acids is 1. The molecule has 0 N–H and O–H groups in total. The van der Waals surface area contributed by atoms with E-state index in [4.69, 9.17) is 11.6 Å². The topological polar surface area (TPSA) is 20.3 Å². The third kappa shape index (κ3) is 4.57. The molecule has 0 saturated carbocycles. The number of hydrogen-bond donors (Lipinski definition) is 0. The monoisotopic (exact) mass is 451 g/mol. The van der Waals surface area contributed by atoms with Gasteiger partial charge in [0, 0.05) is 37.2 Å². The maximum Gasteiger partial charge on any atom is 0.256 e. The van der Waals surface area contributed by atoms with Gasteiger partial charge in [-0.2, -0.15) is 0 Å². The minimum Gasteiger partial charge on any atom is -0.340 e. The summed E-state index contributed by atoms with van der Waals surface area (Å²) in [5, 5.41) is -0.826. The van der Waals surface area contributed by atoms with Crippen LogP contribution in [0, 0.1) is 13.0 Å². The van der Waals surface area contributed by atoms with E-state index in [-0.39, 0.29) is 39.1 Å². The van der Waals surface area contributed by atoms with Crippen molar-refractivity contribution in [3.05, 3.63) is 39.9 Å². The molecule has 2 nitrogen and oxygen atoms in total. The van der Waals surface area contributed by atoms with Gasteiger partial charge in [0.25, 0.3) is 6.43 Å². The van der Waals surface area contributed by atoms with E-state index in [1.165, 1.54) is 0 Å². The van der Waals surface area contributed by atoms with Crippen molar-refractivity contribution < 1.29 is 46.3 Å². The van der Waals surface area contributed by atoms with Crippen molar-refractivity contribution in [2.45, 2.75) is 25.1 Å². The van der Waals surface area contributed by atoms with E-state index in [9.17, 15) is 13.6 Å². The molecule has 0 aliphatic carbocycles. The summed E-state index contributed by atoms with van der Waals surface area (Å²) in [6.07, 6.45) is 0.582. The second-order valence-electron chi connectivity index (χ2n) is 4.50. The Morgan fingerprint density at radius 3 is 2.76 bits per heavy atom. The molecule has 0 aromatic heterocycles. The van der Waals surface area contributed by atoms with Crippen LogP contribution in [0.4, 0.5) is 8.78 Å². The normalized spacial score (nSPS) is 18.6. The standard InChI is InChI=1S/C14H12BrClF2NO.Y/c1-8-6-9(15)2-3-10(8)12-5-4-11(16)14(20)19(12)7-13(17)18;/h2-3,6,11,13H,4,7H2,1H3;/q-1;. The van der Waals surface area contributed by atoms with Gasteiger partial charge in [0.2, 0.25) is 5.91 Å². The van der Waals surface area contributed by atoms with E-state index in [1.54, 1.807) is 12.1 Å². The number of alkyl halides is 3. The van der Waals surface area contributed by atoms with Gasteiger partial charge in [-0.15, -0.1) is 34.5 Å². The molecule has 7 heteroatoms. The quantitative estimate of drug-likeness (QED) is 0.502. The van der Waals surface area contributed by atoms with Crippen molar-refractivity contribution in [1.29, 1.82) is 0 Å². The molecule has 0 fully saturated rings. The van der Waals surface area contributed by atoms with Crippen LogP contribution in [0.1, 0.15) is 17.5 Å². The average Bonchev–Trinajstić information content (AvgIpc) is 2.36. The van der Waals surface area contributed by atoms with Crippen LogP contribution in [0.25, 0.3) is 5.70 Å². The Kier molecular flexibility index (Phi) is 7.45. The fourth-order valence-electron chi connectivity index (χ4n) is 2.10. The number of rotatable bonds is 3. The van der Waals surface area contributed by atoms with Gasteiger partial charge in [-0.3, -0.25) is 4.79 Å². The molecule has 1 aliphatic heterocycles. The van der Waals surface area contributed by atoms with E-state index in [0.29, 0.717) is 11.3 Å². The number of halogens is 4. The minimum atomic E-state index is -2.62. The molecule has 0 bridgehead atoms. The predicted octanol–water partition coefficient (Wildman–Crippen LogP) is 4.00. The average molecular weight is 453 g/mol. The van der Waals surface area contributed by atoms with Gasteiger partial charge in [0.1, 0.15) is 5.38 Å². The summed E-state index contributed by atoms with van der Waals surface area (Å²) >= 11 is 9.19. The van der Waals surface area contributed by atoms with Crippen molar-refractivity contribution in [3.63, 3.8) is 0 Å². The van der Waals surface area contributed by atoms with Crippen LogP contribution >= 0.6 is 27.5 Å². The summed E-state index contributed by atoms with van der Waals surface area (Å²) in [5.74, 6) is -0.497. The van der Waals surface area contributed by atoms with Crippen LogP contribution in [-0.2, 0) is 37.5 Å². The number of carbonyl (C=O) groups is 1. The Morgan fingerprint density at radius 2 is 2.19 bits per heavy atom. The first-order valence-corrected chi connectivity index (χ1v) is 7.24. The van der Waals surface area contributed by atoms with E-state index in [0.717, 1.165) is 14.9 Å². The summed E-state index contributed by atoms with van der Waals surface area (Å²) in [6.45, 7) is 1.19. The Morgan fingerprint density at radius 1 is 1.52 bits per heavy atom. The van der Waals surface area contributed by atoms with Crippen molar-refractivity contribution in [2.24, 2.45) is 0 Å². The number of nitrogens with zero attached hydrogens (tertiary/aromatic N) is 1. The molecule has 1 heterocycles. The van der Waals surface area contributed by atoms with Crippen LogP contribution in [-0.4, -0.2) is 29.2 Å². The summed E-state index contributed by atoms with van der Waals surface area (Å²) in [7, 11) is 0. The maximum atomic E-state index is 12.7. The SMILES string of the molecule is Cc1cc(Br)ccc1C1=[C-]CC(Cl)C(=O)N1CC(F)F.[Y]. The smallest absolute Gasteiger partial charge is 0.256 e. The first-order chi connectivity index (χ1) is 9.40. The third-order valence-electron chi connectivity index (χ3n) is 3.02. The third-order valence-corrected chi connectivity index (χ3v) is 3.85. The number of allylic oxidation sites excluding steroid dienone is 1. The van der Waals surface area contributed by atoms with E-state index in [2.05, 4.69) is 22.0 Å². The van der Waals surface area contributed by atoms with Crippen LogP contribution in [0.3, 0.4) is 0 Å². The summed E-state index contributed by atoms with van der Waals surface area (Å²) in [6, 6.07) is 5.44. The van der Waals surface area contributed by atoms with Gasteiger partial charge in [-0.25, -0.2) is 14.9 Å². The molecule has 21 heavy (non-hydrogen) atoms. The summed E-state index contributed by atoms with van der Waals surface area (Å²) in [4.78, 5) is 13.0. The molecule has 1 radical (unpaired) electrons. The zero-order valence-corrected chi connectivity index (χ0v) is 16.4. The Bertz CT molecular complexity index is 568. The van der Waals surface area contributed by atoms with Crippen molar-refractivity contribution in [2.75, 3.05) is 6.54 Å². The molecule has 2 rings (SSSR count). The second kappa shape index (κ2) is 8.14. The molecule has 1 aromatic rings. The van der Waals surface area contributed by atoms with Crippen LogP contribution in [0.15, 0.2) is 22.7 Å². The Balaban J connectivity index is 0.00000220. The van der Waals surface area contributed by atoms with Crippen molar-refractivity contribution >= 4 is 39.1 Å². The molecule has 1 unspecified atom stereocenters. The van der Waals surface area contributed by atoms with Crippen molar-refractivity contribution in [3.8, 4) is 0 Å². The summed E-state index contributed by atoms with van der Waals surface area (Å²) in [5.41, 5.74) is 1.98. The molecule has 1 atom stereocenters. The van der Waals surface area contributed by atoms with Gasteiger partial charge in [0.15, 0.2) is 0 Å². The number of hydrogen-bond acceptors (Lipinski definition) is 1. The van der Waals surface area contributed by atoms with Gasteiger partial charge >= 0.3 is 0 Å². The number of amides is 1. The molecular weight excluding hydrogens is 440 g/mol. The van der Waals surface area contributed by atoms with Crippen LogP contribution in [0.5, 0.6) is 0 Å². The zero-order chi connectivity index (χ0) is 14.9. The number of aryl methyl sites for hydroxylation is 1.